The van der Waals surface area contributed by atoms with E-state index in [1.807, 2.05) is 7.11 Å². The maximum absolute atomic E-state index is 5.59. The van der Waals surface area contributed by atoms with E-state index in [4.69, 9.17) is 4.74 Å². The zero-order valence-electron chi connectivity index (χ0n) is 13.9. The van der Waals surface area contributed by atoms with Gasteiger partial charge in [-0.2, -0.15) is 0 Å². The molecule has 3 aliphatic carbocycles. The molecule has 2 heteroatoms. The van der Waals surface area contributed by atoms with Crippen molar-refractivity contribution in [3.63, 3.8) is 0 Å². The van der Waals surface area contributed by atoms with Crippen molar-refractivity contribution < 1.29 is 4.74 Å². The van der Waals surface area contributed by atoms with Crippen LogP contribution >= 0.6 is 0 Å². The molecule has 0 unspecified atom stereocenters. The molecule has 3 atom stereocenters. The summed E-state index contributed by atoms with van der Waals surface area (Å²) in [6.07, 6.45) is 9.83. The average molecular weight is 297 g/mol. The Balaban J connectivity index is 1.77. The van der Waals surface area contributed by atoms with Gasteiger partial charge in [0.05, 0.1) is 7.11 Å². The number of benzene rings is 1. The molecular weight excluding hydrogens is 270 g/mol. The average Bonchev–Trinajstić information content (AvgIpc) is 3.35. The Labute approximate surface area is 133 Å². The van der Waals surface area contributed by atoms with E-state index in [2.05, 4.69) is 30.1 Å². The number of nitrogens with zero attached hydrogens (tertiary/aromatic N) is 1. The van der Waals surface area contributed by atoms with Gasteiger partial charge in [-0.15, -0.1) is 0 Å². The van der Waals surface area contributed by atoms with Crippen molar-refractivity contribution in [2.75, 3.05) is 20.7 Å². The Kier molecular flexibility index (Phi) is 2.61. The Hall–Kier alpha value is -1.02. The van der Waals surface area contributed by atoms with Gasteiger partial charge in [-0.3, -0.25) is 0 Å². The minimum atomic E-state index is 0.452. The Bertz CT molecular complexity index is 620. The number of likely N-dealkylation sites (tertiary alicyclic amines) is 1. The van der Waals surface area contributed by atoms with Gasteiger partial charge in [0, 0.05) is 16.9 Å². The molecule has 0 radical (unpaired) electrons. The monoisotopic (exact) mass is 297 g/mol. The van der Waals surface area contributed by atoms with Gasteiger partial charge in [-0.25, -0.2) is 0 Å². The minimum absolute atomic E-state index is 0.452. The number of fused-ring (bicyclic) bond motifs is 3. The Morgan fingerprint density at radius 3 is 2.68 bits per heavy atom. The highest BCUT2D eigenvalue weighted by Gasteiger charge is 2.65. The lowest BCUT2D eigenvalue weighted by Gasteiger charge is -2.61. The molecule has 2 bridgehead atoms. The van der Waals surface area contributed by atoms with E-state index in [1.54, 1.807) is 11.1 Å². The van der Waals surface area contributed by atoms with Crippen LogP contribution in [0.15, 0.2) is 18.2 Å². The van der Waals surface area contributed by atoms with Crippen LogP contribution < -0.4 is 4.74 Å². The van der Waals surface area contributed by atoms with E-state index < -0.39 is 0 Å². The quantitative estimate of drug-likeness (QED) is 0.780. The first kappa shape index (κ1) is 13.4. The van der Waals surface area contributed by atoms with Crippen LogP contribution in [-0.2, 0) is 10.8 Å². The molecule has 0 amide bonds. The summed E-state index contributed by atoms with van der Waals surface area (Å²) in [6.45, 7) is 1.28. The third-order valence-corrected chi connectivity index (χ3v) is 7.52. The van der Waals surface area contributed by atoms with Crippen molar-refractivity contribution in [2.24, 2.45) is 5.92 Å². The molecule has 3 fully saturated rings. The summed E-state index contributed by atoms with van der Waals surface area (Å²) < 4.78 is 5.59. The second-order valence-electron chi connectivity index (χ2n) is 8.25. The van der Waals surface area contributed by atoms with Crippen LogP contribution in [-0.4, -0.2) is 31.6 Å². The summed E-state index contributed by atoms with van der Waals surface area (Å²) >= 11 is 0. The Morgan fingerprint density at radius 2 is 1.91 bits per heavy atom. The third kappa shape index (κ3) is 1.45. The van der Waals surface area contributed by atoms with Crippen LogP contribution in [0.4, 0.5) is 0 Å². The number of hydrogen-bond acceptors (Lipinski definition) is 2. The number of methoxy groups -OCH3 is 1. The molecule has 2 nitrogen and oxygen atoms in total. The summed E-state index contributed by atoms with van der Waals surface area (Å²) in [7, 11) is 4.20. The maximum Gasteiger partial charge on any atom is 0.119 e. The predicted molar refractivity (Wildman–Crippen MR) is 88.6 cm³/mol. The fourth-order valence-electron chi connectivity index (χ4n) is 6.49. The van der Waals surface area contributed by atoms with Crippen molar-refractivity contribution in [2.45, 2.75) is 61.8 Å². The smallest absolute Gasteiger partial charge is 0.119 e. The van der Waals surface area contributed by atoms with Crippen LogP contribution in [0.1, 0.15) is 56.1 Å². The van der Waals surface area contributed by atoms with Crippen LogP contribution in [0.2, 0.25) is 0 Å². The molecule has 0 aromatic heterocycles. The number of rotatable bonds is 1. The van der Waals surface area contributed by atoms with Gasteiger partial charge in [0.2, 0.25) is 0 Å². The van der Waals surface area contributed by atoms with E-state index in [0.29, 0.717) is 10.8 Å². The first-order valence-electron chi connectivity index (χ1n) is 9.11. The second-order valence-corrected chi connectivity index (χ2v) is 8.25. The third-order valence-electron chi connectivity index (χ3n) is 7.52. The van der Waals surface area contributed by atoms with Gasteiger partial charge in [-0.05, 0) is 74.9 Å². The van der Waals surface area contributed by atoms with Gasteiger partial charge >= 0.3 is 0 Å². The molecule has 5 rings (SSSR count). The summed E-state index contributed by atoms with van der Waals surface area (Å²) in [6, 6.07) is 7.83. The van der Waals surface area contributed by atoms with E-state index >= 15 is 0 Å². The fourth-order valence-corrected chi connectivity index (χ4v) is 6.49. The SMILES string of the molecule is COc1ccc2c(c1)[C@]13CCCC[C@H]1[C@H](N(C)CC3)C21CC1. The molecule has 1 spiro atoms. The highest BCUT2D eigenvalue weighted by atomic mass is 16.5. The van der Waals surface area contributed by atoms with Gasteiger partial charge in [0.25, 0.3) is 0 Å². The molecule has 0 N–H and O–H groups in total. The molecule has 1 aliphatic heterocycles. The lowest BCUT2D eigenvalue weighted by molar-refractivity contribution is -0.0192. The van der Waals surface area contributed by atoms with Crippen molar-refractivity contribution in [1.82, 2.24) is 4.90 Å². The zero-order valence-corrected chi connectivity index (χ0v) is 13.9. The molecule has 2 saturated carbocycles. The van der Waals surface area contributed by atoms with E-state index in [-0.39, 0.29) is 0 Å². The van der Waals surface area contributed by atoms with Gasteiger partial charge < -0.3 is 9.64 Å². The molecular formula is C20H27NO. The van der Waals surface area contributed by atoms with Crippen molar-refractivity contribution >= 4 is 0 Å². The predicted octanol–water partition coefficient (Wildman–Crippen LogP) is 3.87. The lowest BCUT2D eigenvalue weighted by Crippen LogP contribution is -2.63. The van der Waals surface area contributed by atoms with Crippen LogP contribution in [0.5, 0.6) is 5.75 Å². The first-order chi connectivity index (χ1) is 10.7. The Morgan fingerprint density at radius 1 is 1.05 bits per heavy atom. The van der Waals surface area contributed by atoms with Gasteiger partial charge in [-0.1, -0.05) is 18.9 Å². The van der Waals surface area contributed by atoms with Gasteiger partial charge in [0.15, 0.2) is 0 Å². The number of hydrogen-bond donors (Lipinski definition) is 0. The second kappa shape index (κ2) is 4.29. The normalized spacial score (nSPS) is 38.3. The summed E-state index contributed by atoms with van der Waals surface area (Å²) in [4.78, 5) is 2.72. The first-order valence-corrected chi connectivity index (χ1v) is 9.11. The summed E-state index contributed by atoms with van der Waals surface area (Å²) in [5.41, 5.74) is 4.29. The number of likely N-dealkylation sites (N-methyl/N-ethyl adjacent to an activating group) is 1. The van der Waals surface area contributed by atoms with Crippen molar-refractivity contribution in [3.05, 3.63) is 29.3 Å². The summed E-state index contributed by atoms with van der Waals surface area (Å²) in [5.74, 6) is 1.94. The van der Waals surface area contributed by atoms with Gasteiger partial charge in [0.1, 0.15) is 5.75 Å². The highest BCUT2D eigenvalue weighted by Crippen LogP contribution is 2.67. The molecule has 118 valence electrons. The van der Waals surface area contributed by atoms with E-state index in [9.17, 15) is 0 Å². The molecule has 1 aromatic rings. The van der Waals surface area contributed by atoms with E-state index in [1.165, 1.54) is 51.5 Å². The zero-order chi connectivity index (χ0) is 14.9. The largest absolute Gasteiger partial charge is 0.497 e. The van der Waals surface area contributed by atoms with Crippen molar-refractivity contribution in [3.8, 4) is 5.75 Å². The van der Waals surface area contributed by atoms with E-state index in [0.717, 1.165) is 17.7 Å². The fraction of sp³-hybridized carbons (Fsp3) is 0.700. The molecule has 22 heavy (non-hydrogen) atoms. The summed E-state index contributed by atoms with van der Waals surface area (Å²) in [5, 5.41) is 0. The number of ether oxygens (including phenoxy) is 1. The molecule has 1 aromatic carbocycles. The minimum Gasteiger partial charge on any atom is -0.497 e. The molecule has 1 heterocycles. The highest BCUT2D eigenvalue weighted by molar-refractivity contribution is 5.53. The standard InChI is InChI=1S/C20H27NO/c1-21-12-11-19-8-4-3-5-16(19)18(21)20(9-10-20)15-7-6-14(22-2)13-17(15)19/h6-7,13,16,18H,3-5,8-12H2,1-2H3/t16-,18-,19-/m0/s1. The maximum atomic E-state index is 5.59. The van der Waals surface area contributed by atoms with Crippen LogP contribution in [0.3, 0.4) is 0 Å². The topological polar surface area (TPSA) is 12.5 Å². The number of piperidine rings is 1. The van der Waals surface area contributed by atoms with Crippen molar-refractivity contribution in [1.29, 1.82) is 0 Å². The van der Waals surface area contributed by atoms with Crippen LogP contribution in [0.25, 0.3) is 0 Å². The lowest BCUT2D eigenvalue weighted by atomic mass is 9.49. The molecule has 1 saturated heterocycles. The molecule has 4 aliphatic rings. The van der Waals surface area contributed by atoms with Crippen LogP contribution in [0, 0.1) is 5.92 Å².